The van der Waals surface area contributed by atoms with Crippen LogP contribution in [0, 0.1) is 0 Å². The Labute approximate surface area is 75.3 Å². The number of hydrogen-bond donors (Lipinski definition) is 0. The Morgan fingerprint density at radius 3 is 3.09 bits per heavy atom. The van der Waals surface area contributed by atoms with Crippen molar-refractivity contribution in [1.29, 1.82) is 0 Å². The third kappa shape index (κ3) is 2.15. The van der Waals surface area contributed by atoms with E-state index in [1.165, 1.54) is 5.56 Å². The van der Waals surface area contributed by atoms with Crippen LogP contribution in [-0.2, 0) is 11.8 Å². The number of allylic oxidation sites excluding steroid dienone is 1. The third-order valence-electron chi connectivity index (χ3n) is 1.48. The second kappa shape index (κ2) is 4.29. The number of hydrogen-bond acceptors (Lipinski definition) is 1. The van der Waals surface area contributed by atoms with Crippen LogP contribution in [-0.4, -0.2) is 4.98 Å². The van der Waals surface area contributed by atoms with E-state index in [1.54, 1.807) is 0 Å². The quantitative estimate of drug-likeness (QED) is 0.554. The molecule has 1 nitrogen and oxygen atoms in total. The van der Waals surface area contributed by atoms with E-state index in [-0.39, 0.29) is 0 Å². The van der Waals surface area contributed by atoms with Crippen molar-refractivity contribution in [3.63, 3.8) is 0 Å². The van der Waals surface area contributed by atoms with Gasteiger partial charge < -0.3 is 0 Å². The SMILES string of the molecule is C=CCc1cccnc1CBr. The first kappa shape index (κ1) is 8.47. The first-order chi connectivity index (χ1) is 5.38. The van der Waals surface area contributed by atoms with Crippen LogP contribution in [0.5, 0.6) is 0 Å². The van der Waals surface area contributed by atoms with Gasteiger partial charge in [0.2, 0.25) is 0 Å². The molecule has 0 saturated heterocycles. The molecule has 0 fully saturated rings. The zero-order valence-electron chi connectivity index (χ0n) is 6.26. The Morgan fingerprint density at radius 1 is 1.64 bits per heavy atom. The van der Waals surface area contributed by atoms with E-state index in [0.717, 1.165) is 17.4 Å². The summed E-state index contributed by atoms with van der Waals surface area (Å²) in [7, 11) is 0. The molecule has 0 spiro atoms. The lowest BCUT2D eigenvalue weighted by Gasteiger charge is -2.01. The summed E-state index contributed by atoms with van der Waals surface area (Å²) >= 11 is 3.38. The molecule has 0 unspecified atom stereocenters. The fraction of sp³-hybridized carbons (Fsp3) is 0.222. The van der Waals surface area contributed by atoms with Gasteiger partial charge in [-0.05, 0) is 18.1 Å². The van der Waals surface area contributed by atoms with Gasteiger partial charge in [-0.3, -0.25) is 4.98 Å². The number of pyridine rings is 1. The number of rotatable bonds is 3. The maximum absolute atomic E-state index is 4.22. The second-order valence-corrected chi connectivity index (χ2v) is 2.80. The Hall–Kier alpha value is -0.630. The molecule has 0 amide bonds. The second-order valence-electron chi connectivity index (χ2n) is 2.24. The average molecular weight is 212 g/mol. The molecular weight excluding hydrogens is 202 g/mol. The minimum absolute atomic E-state index is 0.816. The minimum atomic E-state index is 0.816. The maximum atomic E-state index is 4.22. The van der Waals surface area contributed by atoms with E-state index >= 15 is 0 Å². The first-order valence-electron chi connectivity index (χ1n) is 3.48. The molecule has 2 heteroatoms. The monoisotopic (exact) mass is 211 g/mol. The molecule has 11 heavy (non-hydrogen) atoms. The number of halogens is 1. The van der Waals surface area contributed by atoms with Gasteiger partial charge in [-0.15, -0.1) is 6.58 Å². The Balaban J connectivity index is 2.92. The smallest absolute Gasteiger partial charge is 0.0544 e. The fourth-order valence-electron chi connectivity index (χ4n) is 0.933. The van der Waals surface area contributed by atoms with Crippen LogP contribution in [0.25, 0.3) is 0 Å². The molecule has 0 aliphatic heterocycles. The zero-order valence-corrected chi connectivity index (χ0v) is 7.84. The van der Waals surface area contributed by atoms with Crippen LogP contribution in [0.2, 0.25) is 0 Å². The molecule has 0 bridgehead atoms. The number of aromatic nitrogens is 1. The standard InChI is InChI=1S/C9H10BrN/c1-2-4-8-5-3-6-11-9(8)7-10/h2-3,5-6H,1,4,7H2. The van der Waals surface area contributed by atoms with Crippen LogP contribution in [0.15, 0.2) is 31.0 Å². The van der Waals surface area contributed by atoms with Gasteiger partial charge in [0.05, 0.1) is 5.69 Å². The summed E-state index contributed by atoms with van der Waals surface area (Å²) in [6.07, 6.45) is 4.60. The van der Waals surface area contributed by atoms with Crippen molar-refractivity contribution in [3.8, 4) is 0 Å². The van der Waals surface area contributed by atoms with Crippen molar-refractivity contribution in [2.24, 2.45) is 0 Å². The lowest BCUT2D eigenvalue weighted by atomic mass is 10.1. The Morgan fingerprint density at radius 2 is 2.45 bits per heavy atom. The molecule has 1 heterocycles. The van der Waals surface area contributed by atoms with Crippen LogP contribution in [0.4, 0.5) is 0 Å². The molecule has 0 saturated carbocycles. The summed E-state index contributed by atoms with van der Waals surface area (Å²) in [5, 5.41) is 0.816. The summed E-state index contributed by atoms with van der Waals surface area (Å²) in [5.74, 6) is 0. The Kier molecular flexibility index (Phi) is 3.30. The van der Waals surface area contributed by atoms with Gasteiger partial charge in [-0.2, -0.15) is 0 Å². The largest absolute Gasteiger partial charge is 0.260 e. The minimum Gasteiger partial charge on any atom is -0.260 e. The van der Waals surface area contributed by atoms with Gasteiger partial charge >= 0.3 is 0 Å². The average Bonchev–Trinajstić information content (AvgIpc) is 2.06. The molecule has 0 aromatic carbocycles. The molecule has 58 valence electrons. The predicted molar refractivity (Wildman–Crippen MR) is 50.8 cm³/mol. The van der Waals surface area contributed by atoms with Crippen molar-refractivity contribution < 1.29 is 0 Å². The van der Waals surface area contributed by atoms with Gasteiger partial charge in [0.15, 0.2) is 0 Å². The highest BCUT2D eigenvalue weighted by molar-refractivity contribution is 9.08. The maximum Gasteiger partial charge on any atom is 0.0544 e. The van der Waals surface area contributed by atoms with Crippen LogP contribution in [0.1, 0.15) is 11.3 Å². The Bertz CT molecular complexity index is 245. The van der Waals surface area contributed by atoms with Gasteiger partial charge in [-0.1, -0.05) is 28.1 Å². The summed E-state index contributed by atoms with van der Waals surface area (Å²) < 4.78 is 0. The zero-order chi connectivity index (χ0) is 8.10. The van der Waals surface area contributed by atoms with Crippen molar-refractivity contribution >= 4 is 15.9 Å². The van der Waals surface area contributed by atoms with Gasteiger partial charge in [-0.25, -0.2) is 0 Å². The van der Waals surface area contributed by atoms with Crippen LogP contribution < -0.4 is 0 Å². The van der Waals surface area contributed by atoms with E-state index in [2.05, 4.69) is 33.6 Å². The normalized spacial score (nSPS) is 9.55. The molecule has 1 rings (SSSR count). The molecular formula is C9H10BrN. The van der Waals surface area contributed by atoms with Gasteiger partial charge in [0.1, 0.15) is 0 Å². The highest BCUT2D eigenvalue weighted by atomic mass is 79.9. The summed E-state index contributed by atoms with van der Waals surface area (Å²) in [4.78, 5) is 4.22. The first-order valence-corrected chi connectivity index (χ1v) is 4.60. The molecule has 0 N–H and O–H groups in total. The van der Waals surface area contributed by atoms with E-state index in [9.17, 15) is 0 Å². The van der Waals surface area contributed by atoms with Crippen LogP contribution >= 0.6 is 15.9 Å². The van der Waals surface area contributed by atoms with Crippen molar-refractivity contribution in [2.75, 3.05) is 0 Å². The molecule has 1 aromatic rings. The topological polar surface area (TPSA) is 12.9 Å². The predicted octanol–water partition coefficient (Wildman–Crippen LogP) is 2.71. The third-order valence-corrected chi connectivity index (χ3v) is 2.01. The summed E-state index contributed by atoms with van der Waals surface area (Å²) in [5.41, 5.74) is 2.35. The van der Waals surface area contributed by atoms with E-state index in [0.29, 0.717) is 0 Å². The molecule has 0 aliphatic carbocycles. The van der Waals surface area contributed by atoms with Gasteiger partial charge in [0, 0.05) is 11.5 Å². The van der Waals surface area contributed by atoms with Crippen molar-refractivity contribution in [3.05, 3.63) is 42.2 Å². The van der Waals surface area contributed by atoms with Crippen molar-refractivity contribution in [1.82, 2.24) is 4.98 Å². The van der Waals surface area contributed by atoms with E-state index in [1.807, 2.05) is 18.3 Å². The number of alkyl halides is 1. The number of nitrogens with zero attached hydrogens (tertiary/aromatic N) is 1. The van der Waals surface area contributed by atoms with Gasteiger partial charge in [0.25, 0.3) is 0 Å². The lowest BCUT2D eigenvalue weighted by Crippen LogP contribution is -1.92. The van der Waals surface area contributed by atoms with E-state index in [4.69, 9.17) is 0 Å². The van der Waals surface area contributed by atoms with Crippen LogP contribution in [0.3, 0.4) is 0 Å². The van der Waals surface area contributed by atoms with E-state index < -0.39 is 0 Å². The highest BCUT2D eigenvalue weighted by Gasteiger charge is 1.97. The molecule has 0 aliphatic rings. The van der Waals surface area contributed by atoms with Crippen molar-refractivity contribution in [2.45, 2.75) is 11.8 Å². The lowest BCUT2D eigenvalue weighted by molar-refractivity contribution is 1.09. The highest BCUT2D eigenvalue weighted by Crippen LogP contribution is 2.09. The summed E-state index contributed by atoms with van der Waals surface area (Å²) in [6.45, 7) is 3.69. The molecule has 0 radical (unpaired) electrons. The summed E-state index contributed by atoms with van der Waals surface area (Å²) in [6, 6.07) is 4.02. The molecule has 1 aromatic heterocycles. The fourth-order valence-corrected chi connectivity index (χ4v) is 1.44. The molecule has 0 atom stereocenters.